The Kier molecular flexibility index (Phi) is 6.63. The molecule has 6 nitrogen and oxygen atoms in total. The van der Waals surface area contributed by atoms with Crippen molar-refractivity contribution in [3.8, 4) is 11.1 Å². The largest absolute Gasteiger partial charge is 0.467 e. The number of carbonyl (C=O) groups excluding carboxylic acids is 2. The molecule has 1 heterocycles. The molecule has 0 atom stereocenters. The molecule has 0 unspecified atom stereocenters. The van der Waals surface area contributed by atoms with E-state index < -0.39 is 0 Å². The number of para-hydroxylation sites is 1. The van der Waals surface area contributed by atoms with E-state index in [0.717, 1.165) is 11.1 Å². The van der Waals surface area contributed by atoms with E-state index in [-0.39, 0.29) is 18.4 Å². The molecule has 0 aliphatic heterocycles. The Morgan fingerprint density at radius 3 is 2.22 bits per heavy atom. The van der Waals surface area contributed by atoms with Crippen LogP contribution in [-0.2, 0) is 11.3 Å². The first-order valence-corrected chi connectivity index (χ1v) is 10.3. The summed E-state index contributed by atoms with van der Waals surface area (Å²) in [5, 5.41) is 8.73. The van der Waals surface area contributed by atoms with Crippen molar-refractivity contribution < 1.29 is 14.0 Å². The first-order valence-electron chi connectivity index (χ1n) is 10.3. The monoisotopic (exact) mass is 425 g/mol. The zero-order valence-electron chi connectivity index (χ0n) is 17.4. The molecule has 0 aliphatic rings. The summed E-state index contributed by atoms with van der Waals surface area (Å²) in [7, 11) is 0. The third-order valence-electron chi connectivity index (χ3n) is 4.89. The Bertz CT molecular complexity index is 1170. The zero-order chi connectivity index (χ0) is 22.2. The molecule has 0 aliphatic carbocycles. The third kappa shape index (κ3) is 5.43. The average Bonchev–Trinajstić information content (AvgIpc) is 3.36. The van der Waals surface area contributed by atoms with Crippen molar-refractivity contribution in [3.05, 3.63) is 109 Å². The number of furan rings is 1. The number of anilines is 2. The van der Waals surface area contributed by atoms with Crippen molar-refractivity contribution in [3.63, 3.8) is 0 Å². The Morgan fingerprint density at radius 1 is 0.750 bits per heavy atom. The molecule has 3 N–H and O–H groups in total. The summed E-state index contributed by atoms with van der Waals surface area (Å²) in [6.45, 7) is 0.322. The fourth-order valence-corrected chi connectivity index (χ4v) is 3.27. The Labute approximate surface area is 186 Å². The van der Waals surface area contributed by atoms with Crippen LogP contribution in [0.25, 0.3) is 11.1 Å². The standard InChI is InChI=1S/C26H23N3O3/c30-25(29-21-14-12-20(13-15-21)19-7-2-1-3-8-19)18-27-24-11-5-4-10-23(24)26(31)28-17-22-9-6-16-32-22/h1-16,27H,17-18H2,(H,28,31)(H,29,30). The lowest BCUT2D eigenvalue weighted by Gasteiger charge is -2.12. The number of rotatable bonds is 8. The van der Waals surface area contributed by atoms with Gasteiger partial charge in [-0.05, 0) is 47.5 Å². The fraction of sp³-hybridized carbons (Fsp3) is 0.0769. The van der Waals surface area contributed by atoms with Gasteiger partial charge in [0.2, 0.25) is 5.91 Å². The zero-order valence-corrected chi connectivity index (χ0v) is 17.4. The molecule has 0 fully saturated rings. The summed E-state index contributed by atoms with van der Waals surface area (Å²) in [6.07, 6.45) is 1.56. The summed E-state index contributed by atoms with van der Waals surface area (Å²) in [6, 6.07) is 28.4. The van der Waals surface area contributed by atoms with Crippen LogP contribution >= 0.6 is 0 Å². The van der Waals surface area contributed by atoms with Crippen LogP contribution in [0.15, 0.2) is 102 Å². The SMILES string of the molecule is O=C(CNc1ccccc1C(=O)NCc1ccco1)Nc1ccc(-c2ccccc2)cc1. The highest BCUT2D eigenvalue weighted by atomic mass is 16.3. The van der Waals surface area contributed by atoms with E-state index in [1.165, 1.54) is 0 Å². The minimum absolute atomic E-state index is 0.0307. The Hall–Kier alpha value is -4.32. The number of nitrogens with one attached hydrogen (secondary N) is 3. The maximum atomic E-state index is 12.6. The lowest BCUT2D eigenvalue weighted by Crippen LogP contribution is -2.26. The molecule has 0 bridgehead atoms. The van der Waals surface area contributed by atoms with Gasteiger partial charge in [-0.25, -0.2) is 0 Å². The van der Waals surface area contributed by atoms with Crippen molar-refractivity contribution in [2.45, 2.75) is 6.54 Å². The van der Waals surface area contributed by atoms with Gasteiger partial charge in [0.25, 0.3) is 5.91 Å². The second-order valence-electron chi connectivity index (χ2n) is 7.15. The van der Waals surface area contributed by atoms with Gasteiger partial charge in [0.1, 0.15) is 5.76 Å². The number of benzene rings is 3. The Balaban J connectivity index is 1.32. The first kappa shape index (κ1) is 20.9. The van der Waals surface area contributed by atoms with Crippen LogP contribution < -0.4 is 16.0 Å². The Morgan fingerprint density at radius 2 is 1.47 bits per heavy atom. The molecule has 0 radical (unpaired) electrons. The molecule has 0 saturated heterocycles. The van der Waals surface area contributed by atoms with Crippen molar-refractivity contribution >= 4 is 23.2 Å². The summed E-state index contributed by atoms with van der Waals surface area (Å²) in [4.78, 5) is 25.0. The fourth-order valence-electron chi connectivity index (χ4n) is 3.27. The molecule has 1 aromatic heterocycles. The highest BCUT2D eigenvalue weighted by Gasteiger charge is 2.12. The molecule has 0 saturated carbocycles. The topological polar surface area (TPSA) is 83.4 Å². The van der Waals surface area contributed by atoms with E-state index in [4.69, 9.17) is 4.42 Å². The van der Waals surface area contributed by atoms with Crippen LogP contribution in [-0.4, -0.2) is 18.4 Å². The van der Waals surface area contributed by atoms with Crippen molar-refractivity contribution in [1.29, 1.82) is 0 Å². The number of hydrogen-bond donors (Lipinski definition) is 3. The summed E-state index contributed by atoms with van der Waals surface area (Å²) < 4.78 is 5.23. The predicted octanol–water partition coefficient (Wildman–Crippen LogP) is 4.93. The van der Waals surface area contributed by atoms with Crippen LogP contribution in [0.4, 0.5) is 11.4 Å². The predicted molar refractivity (Wildman–Crippen MR) is 125 cm³/mol. The third-order valence-corrected chi connectivity index (χ3v) is 4.89. The van der Waals surface area contributed by atoms with E-state index in [0.29, 0.717) is 29.2 Å². The van der Waals surface area contributed by atoms with Crippen LogP contribution in [0.1, 0.15) is 16.1 Å². The lowest BCUT2D eigenvalue weighted by molar-refractivity contribution is -0.114. The van der Waals surface area contributed by atoms with E-state index in [9.17, 15) is 9.59 Å². The molecular formula is C26H23N3O3. The van der Waals surface area contributed by atoms with Gasteiger partial charge < -0.3 is 20.4 Å². The van der Waals surface area contributed by atoms with Gasteiger partial charge >= 0.3 is 0 Å². The molecule has 2 amide bonds. The smallest absolute Gasteiger partial charge is 0.253 e. The molecule has 0 spiro atoms. The van der Waals surface area contributed by atoms with Gasteiger partial charge in [0, 0.05) is 11.4 Å². The number of hydrogen-bond acceptors (Lipinski definition) is 4. The molecule has 32 heavy (non-hydrogen) atoms. The van der Waals surface area contributed by atoms with Crippen LogP contribution in [0.5, 0.6) is 0 Å². The van der Waals surface area contributed by atoms with Crippen molar-refractivity contribution in [2.24, 2.45) is 0 Å². The van der Waals surface area contributed by atoms with Gasteiger partial charge in [0.15, 0.2) is 0 Å². The van der Waals surface area contributed by atoms with Gasteiger partial charge in [-0.3, -0.25) is 9.59 Å². The summed E-state index contributed by atoms with van der Waals surface area (Å²) in [5.41, 5.74) is 3.95. The number of carbonyl (C=O) groups is 2. The molecular weight excluding hydrogens is 402 g/mol. The van der Waals surface area contributed by atoms with E-state index in [2.05, 4.69) is 16.0 Å². The average molecular weight is 425 g/mol. The summed E-state index contributed by atoms with van der Waals surface area (Å²) in [5.74, 6) is 0.214. The highest BCUT2D eigenvalue weighted by molar-refractivity contribution is 6.00. The van der Waals surface area contributed by atoms with Crippen molar-refractivity contribution in [2.75, 3.05) is 17.2 Å². The van der Waals surface area contributed by atoms with Gasteiger partial charge in [-0.1, -0.05) is 54.6 Å². The van der Waals surface area contributed by atoms with Gasteiger partial charge in [-0.2, -0.15) is 0 Å². The van der Waals surface area contributed by atoms with E-state index >= 15 is 0 Å². The normalized spacial score (nSPS) is 10.4. The highest BCUT2D eigenvalue weighted by Crippen LogP contribution is 2.21. The van der Waals surface area contributed by atoms with Crippen LogP contribution in [0.3, 0.4) is 0 Å². The van der Waals surface area contributed by atoms with Gasteiger partial charge in [-0.15, -0.1) is 0 Å². The molecule has 6 heteroatoms. The minimum Gasteiger partial charge on any atom is -0.467 e. The molecule has 160 valence electrons. The first-order chi connectivity index (χ1) is 15.7. The van der Waals surface area contributed by atoms with Gasteiger partial charge in [0.05, 0.1) is 24.9 Å². The summed E-state index contributed by atoms with van der Waals surface area (Å²) >= 11 is 0. The number of amides is 2. The lowest BCUT2D eigenvalue weighted by atomic mass is 10.1. The second-order valence-corrected chi connectivity index (χ2v) is 7.15. The van der Waals surface area contributed by atoms with Crippen molar-refractivity contribution in [1.82, 2.24) is 5.32 Å². The van der Waals surface area contributed by atoms with E-state index in [1.54, 1.807) is 36.6 Å². The van der Waals surface area contributed by atoms with E-state index in [1.807, 2.05) is 60.7 Å². The molecule has 4 rings (SSSR count). The van der Waals surface area contributed by atoms with Crippen LogP contribution in [0, 0.1) is 0 Å². The quantitative estimate of drug-likeness (QED) is 0.374. The molecule has 4 aromatic rings. The van der Waals surface area contributed by atoms with Crippen LogP contribution in [0.2, 0.25) is 0 Å². The second kappa shape index (κ2) is 10.1. The molecule has 3 aromatic carbocycles. The minimum atomic E-state index is -0.249. The maximum Gasteiger partial charge on any atom is 0.253 e. The maximum absolute atomic E-state index is 12.6.